The van der Waals surface area contributed by atoms with E-state index in [2.05, 4.69) is 21.0 Å². The minimum Gasteiger partial charge on any atom is -0.467 e. The van der Waals surface area contributed by atoms with Gasteiger partial charge in [0, 0.05) is 0 Å². The minimum absolute atomic E-state index is 0.0220. The van der Waals surface area contributed by atoms with E-state index in [0.717, 1.165) is 18.0 Å². The van der Waals surface area contributed by atoms with E-state index in [1.165, 1.54) is 11.7 Å². The molecular formula is C9H11N3OS. The molecule has 1 N–H and O–H groups in total. The standard InChI is InChI=1S/C9H11N3OS/c1-2-10-9(7-6-11-14-12-7)8-4-3-5-13-8/h3-6,9-10H,2H2,1H3. The third-order valence-corrected chi connectivity index (χ3v) is 2.40. The first-order valence-electron chi connectivity index (χ1n) is 4.46. The number of rotatable bonds is 4. The highest BCUT2D eigenvalue weighted by molar-refractivity contribution is 6.99. The molecule has 0 spiro atoms. The van der Waals surface area contributed by atoms with Crippen LogP contribution in [0, 0.1) is 0 Å². The van der Waals surface area contributed by atoms with Crippen molar-refractivity contribution in [3.8, 4) is 0 Å². The van der Waals surface area contributed by atoms with E-state index < -0.39 is 0 Å². The Morgan fingerprint density at radius 2 is 2.57 bits per heavy atom. The number of aromatic nitrogens is 2. The molecule has 0 radical (unpaired) electrons. The highest BCUT2D eigenvalue weighted by atomic mass is 32.1. The molecule has 5 heteroatoms. The van der Waals surface area contributed by atoms with E-state index in [1.807, 2.05) is 12.1 Å². The SMILES string of the molecule is CCNC(c1cnsn1)c1ccco1. The lowest BCUT2D eigenvalue weighted by Crippen LogP contribution is -2.21. The molecule has 0 amide bonds. The van der Waals surface area contributed by atoms with Crippen LogP contribution < -0.4 is 5.32 Å². The van der Waals surface area contributed by atoms with Gasteiger partial charge in [0.1, 0.15) is 11.8 Å². The van der Waals surface area contributed by atoms with Crippen molar-refractivity contribution < 1.29 is 4.42 Å². The molecule has 0 aliphatic heterocycles. The van der Waals surface area contributed by atoms with Crippen LogP contribution in [0.3, 0.4) is 0 Å². The summed E-state index contributed by atoms with van der Waals surface area (Å²) in [6.45, 7) is 2.92. The lowest BCUT2D eigenvalue weighted by atomic mass is 10.1. The number of furan rings is 1. The highest BCUT2D eigenvalue weighted by Crippen LogP contribution is 2.20. The molecule has 14 heavy (non-hydrogen) atoms. The Balaban J connectivity index is 2.25. The summed E-state index contributed by atoms with van der Waals surface area (Å²) >= 11 is 1.21. The van der Waals surface area contributed by atoms with Crippen LogP contribution in [-0.4, -0.2) is 15.3 Å². The second-order valence-corrected chi connectivity index (χ2v) is 3.40. The summed E-state index contributed by atoms with van der Waals surface area (Å²) in [5.41, 5.74) is 0.909. The number of nitrogens with one attached hydrogen (secondary N) is 1. The number of hydrogen-bond acceptors (Lipinski definition) is 5. The molecular weight excluding hydrogens is 198 g/mol. The first kappa shape index (κ1) is 9.36. The summed E-state index contributed by atoms with van der Waals surface area (Å²) in [6.07, 6.45) is 3.43. The topological polar surface area (TPSA) is 51.0 Å². The van der Waals surface area contributed by atoms with Gasteiger partial charge in [0.2, 0.25) is 0 Å². The summed E-state index contributed by atoms with van der Waals surface area (Å²) < 4.78 is 13.5. The number of nitrogens with zero attached hydrogens (tertiary/aromatic N) is 2. The number of hydrogen-bond donors (Lipinski definition) is 1. The van der Waals surface area contributed by atoms with Crippen LogP contribution in [0.25, 0.3) is 0 Å². The van der Waals surface area contributed by atoms with Gasteiger partial charge in [-0.2, -0.15) is 8.75 Å². The molecule has 0 aliphatic carbocycles. The average Bonchev–Trinajstić information content (AvgIpc) is 2.87. The van der Waals surface area contributed by atoms with Crippen molar-refractivity contribution in [2.75, 3.05) is 6.54 Å². The van der Waals surface area contributed by atoms with Crippen molar-refractivity contribution in [2.45, 2.75) is 13.0 Å². The van der Waals surface area contributed by atoms with Crippen LogP contribution in [0.2, 0.25) is 0 Å². The van der Waals surface area contributed by atoms with Crippen molar-refractivity contribution in [1.82, 2.24) is 14.1 Å². The van der Waals surface area contributed by atoms with Crippen molar-refractivity contribution >= 4 is 11.7 Å². The molecule has 2 rings (SSSR count). The molecule has 1 unspecified atom stereocenters. The second-order valence-electron chi connectivity index (χ2n) is 2.84. The third-order valence-electron chi connectivity index (χ3n) is 1.91. The van der Waals surface area contributed by atoms with E-state index in [4.69, 9.17) is 4.42 Å². The van der Waals surface area contributed by atoms with Crippen molar-refractivity contribution in [3.05, 3.63) is 36.0 Å². The Morgan fingerprint density at radius 3 is 3.14 bits per heavy atom. The molecule has 0 aliphatic rings. The van der Waals surface area contributed by atoms with Gasteiger partial charge in [0.25, 0.3) is 0 Å². The van der Waals surface area contributed by atoms with Crippen LogP contribution in [0.4, 0.5) is 0 Å². The predicted octanol–water partition coefficient (Wildman–Crippen LogP) is 1.83. The molecule has 0 aromatic carbocycles. The maximum absolute atomic E-state index is 5.35. The largest absolute Gasteiger partial charge is 0.467 e. The third kappa shape index (κ3) is 1.83. The van der Waals surface area contributed by atoms with Crippen molar-refractivity contribution in [3.63, 3.8) is 0 Å². The van der Waals surface area contributed by atoms with E-state index in [-0.39, 0.29) is 6.04 Å². The lowest BCUT2D eigenvalue weighted by molar-refractivity contribution is 0.448. The Bertz CT molecular complexity index is 323. The van der Waals surface area contributed by atoms with Crippen LogP contribution in [-0.2, 0) is 0 Å². The monoisotopic (exact) mass is 209 g/mol. The van der Waals surface area contributed by atoms with E-state index in [0.29, 0.717) is 0 Å². The first-order chi connectivity index (χ1) is 6.92. The summed E-state index contributed by atoms with van der Waals surface area (Å²) in [6, 6.07) is 3.83. The lowest BCUT2D eigenvalue weighted by Gasteiger charge is -2.11. The van der Waals surface area contributed by atoms with Gasteiger partial charge < -0.3 is 9.73 Å². The Morgan fingerprint density at radius 1 is 1.64 bits per heavy atom. The van der Waals surface area contributed by atoms with Crippen LogP contribution >= 0.6 is 11.7 Å². The van der Waals surface area contributed by atoms with Gasteiger partial charge in [-0.1, -0.05) is 6.92 Å². The quantitative estimate of drug-likeness (QED) is 0.834. The molecule has 0 fully saturated rings. The maximum Gasteiger partial charge on any atom is 0.126 e. The van der Waals surface area contributed by atoms with Gasteiger partial charge in [0.15, 0.2) is 0 Å². The normalized spacial score (nSPS) is 12.9. The second kappa shape index (κ2) is 4.34. The zero-order valence-electron chi connectivity index (χ0n) is 7.80. The summed E-state index contributed by atoms with van der Waals surface area (Å²) in [7, 11) is 0. The van der Waals surface area contributed by atoms with E-state index in [9.17, 15) is 0 Å². The predicted molar refractivity (Wildman–Crippen MR) is 54.1 cm³/mol. The fourth-order valence-corrected chi connectivity index (χ4v) is 1.76. The molecule has 2 aromatic rings. The average molecular weight is 209 g/mol. The van der Waals surface area contributed by atoms with Gasteiger partial charge in [-0.3, -0.25) is 0 Å². The maximum atomic E-state index is 5.35. The first-order valence-corrected chi connectivity index (χ1v) is 5.19. The molecule has 4 nitrogen and oxygen atoms in total. The smallest absolute Gasteiger partial charge is 0.126 e. The Labute approximate surface area is 86.3 Å². The molecule has 2 aromatic heterocycles. The molecule has 0 saturated heterocycles. The van der Waals surface area contributed by atoms with Gasteiger partial charge in [-0.05, 0) is 18.7 Å². The van der Waals surface area contributed by atoms with Crippen molar-refractivity contribution in [1.29, 1.82) is 0 Å². The van der Waals surface area contributed by atoms with E-state index in [1.54, 1.807) is 12.5 Å². The fraction of sp³-hybridized carbons (Fsp3) is 0.333. The summed E-state index contributed by atoms with van der Waals surface area (Å²) in [5.74, 6) is 0.875. The zero-order valence-corrected chi connectivity index (χ0v) is 8.62. The molecule has 1 atom stereocenters. The van der Waals surface area contributed by atoms with Crippen LogP contribution in [0.5, 0.6) is 0 Å². The summed E-state index contributed by atoms with van der Waals surface area (Å²) in [5, 5.41) is 3.30. The Kier molecular flexibility index (Phi) is 2.90. The Hall–Kier alpha value is -1.20. The minimum atomic E-state index is 0.0220. The van der Waals surface area contributed by atoms with Gasteiger partial charge in [-0.25, -0.2) is 0 Å². The van der Waals surface area contributed by atoms with Crippen LogP contribution in [0.15, 0.2) is 29.0 Å². The zero-order chi connectivity index (χ0) is 9.80. The van der Waals surface area contributed by atoms with E-state index >= 15 is 0 Å². The molecule has 74 valence electrons. The van der Waals surface area contributed by atoms with Crippen LogP contribution in [0.1, 0.15) is 24.4 Å². The van der Waals surface area contributed by atoms with Gasteiger partial charge in [-0.15, -0.1) is 0 Å². The van der Waals surface area contributed by atoms with Gasteiger partial charge in [0.05, 0.1) is 29.9 Å². The highest BCUT2D eigenvalue weighted by Gasteiger charge is 2.17. The molecule has 0 saturated carbocycles. The molecule has 0 bridgehead atoms. The summed E-state index contributed by atoms with van der Waals surface area (Å²) in [4.78, 5) is 0. The van der Waals surface area contributed by atoms with Crippen molar-refractivity contribution in [2.24, 2.45) is 0 Å². The molecule has 2 heterocycles. The fourth-order valence-electron chi connectivity index (χ4n) is 1.31. The van der Waals surface area contributed by atoms with Gasteiger partial charge >= 0.3 is 0 Å².